The zero-order valence-electron chi connectivity index (χ0n) is 14.2. The molecule has 0 N–H and O–H groups in total. The third-order valence-electron chi connectivity index (χ3n) is 3.60. The molecule has 24 heavy (non-hydrogen) atoms. The smallest absolute Gasteiger partial charge is 0.130 e. The molecule has 0 fully saturated rings. The Morgan fingerprint density at radius 1 is 1.00 bits per heavy atom. The molecular weight excluding hydrogens is 298 g/mol. The Morgan fingerprint density at radius 3 is 2.50 bits per heavy atom. The van der Waals surface area contributed by atoms with Gasteiger partial charge in [0, 0.05) is 18.1 Å². The van der Waals surface area contributed by atoms with Crippen LogP contribution in [0.5, 0.6) is 5.75 Å². The average Bonchev–Trinajstić information content (AvgIpc) is 2.59. The summed E-state index contributed by atoms with van der Waals surface area (Å²) in [4.78, 5) is 4.62. The largest absolute Gasteiger partial charge is 0.487 e. The number of hydrogen-bond acceptors (Lipinski definition) is 4. The second-order valence-corrected chi connectivity index (χ2v) is 5.85. The number of hydrogen-bond donors (Lipinski definition) is 0. The zero-order chi connectivity index (χ0) is 16.9. The third-order valence-corrected chi connectivity index (χ3v) is 3.60. The molecule has 0 spiro atoms. The van der Waals surface area contributed by atoms with Gasteiger partial charge in [-0.1, -0.05) is 24.3 Å². The monoisotopic (exact) mass is 319 g/mol. The highest BCUT2D eigenvalue weighted by Gasteiger charge is 2.02. The van der Waals surface area contributed by atoms with Crippen LogP contribution in [-0.4, -0.2) is 17.7 Å². The highest BCUT2D eigenvalue weighted by atomic mass is 16.5. The Hall–Kier alpha value is -2.88. The van der Waals surface area contributed by atoms with Crippen molar-refractivity contribution in [2.75, 3.05) is 12.1 Å². The van der Waals surface area contributed by atoms with E-state index in [0.29, 0.717) is 6.61 Å². The fourth-order valence-electron chi connectivity index (χ4n) is 2.46. The Bertz CT molecular complexity index is 852. The summed E-state index contributed by atoms with van der Waals surface area (Å²) in [5.74, 6) is 0.819. The Labute approximate surface area is 142 Å². The van der Waals surface area contributed by atoms with Gasteiger partial charge in [-0.3, -0.25) is 5.01 Å². The zero-order valence-corrected chi connectivity index (χ0v) is 14.2. The summed E-state index contributed by atoms with van der Waals surface area (Å²) in [6.45, 7) is 4.40. The second-order valence-electron chi connectivity index (χ2n) is 5.85. The lowest BCUT2D eigenvalue weighted by Crippen LogP contribution is -2.10. The van der Waals surface area contributed by atoms with Crippen molar-refractivity contribution in [1.29, 1.82) is 0 Å². The van der Waals surface area contributed by atoms with E-state index in [2.05, 4.69) is 22.2 Å². The van der Waals surface area contributed by atoms with Crippen molar-refractivity contribution < 1.29 is 4.74 Å². The molecule has 0 bridgehead atoms. The number of ether oxygens (including phenoxy) is 1. The van der Waals surface area contributed by atoms with Gasteiger partial charge in [-0.05, 0) is 50.2 Å². The van der Waals surface area contributed by atoms with Gasteiger partial charge < -0.3 is 4.74 Å². The van der Waals surface area contributed by atoms with E-state index >= 15 is 0 Å². The molecule has 0 radical (unpaired) electrons. The molecule has 4 heteroatoms. The van der Waals surface area contributed by atoms with E-state index in [0.717, 1.165) is 33.7 Å². The predicted molar refractivity (Wildman–Crippen MR) is 99.7 cm³/mol. The van der Waals surface area contributed by atoms with Crippen LogP contribution < -0.4 is 9.75 Å². The first-order chi connectivity index (χ1) is 11.6. The van der Waals surface area contributed by atoms with E-state index in [1.807, 2.05) is 74.4 Å². The summed E-state index contributed by atoms with van der Waals surface area (Å²) in [6, 6.07) is 20.1. The van der Waals surface area contributed by atoms with Crippen LogP contribution in [0.2, 0.25) is 0 Å². The van der Waals surface area contributed by atoms with E-state index in [4.69, 9.17) is 4.74 Å². The maximum atomic E-state index is 5.84. The number of aromatic nitrogens is 1. The minimum atomic E-state index is 0.451. The normalized spacial score (nSPS) is 10.5. The quantitative estimate of drug-likeness (QED) is 0.507. The number of fused-ring (bicyclic) bond motifs is 1. The van der Waals surface area contributed by atoms with E-state index in [1.165, 1.54) is 0 Å². The maximum absolute atomic E-state index is 5.84. The van der Waals surface area contributed by atoms with Crippen LogP contribution in [0.4, 0.5) is 5.69 Å². The van der Waals surface area contributed by atoms with Gasteiger partial charge in [0.05, 0.1) is 16.9 Å². The molecule has 0 aliphatic carbocycles. The van der Waals surface area contributed by atoms with Crippen molar-refractivity contribution >= 4 is 22.3 Å². The minimum absolute atomic E-state index is 0.451. The molecule has 1 heterocycles. The standard InChI is InChI=1S/C20H21N3O/c1-15(2)22-23(3)18-10-12-19(13-11-18)24-14-17-9-8-16-6-4-5-7-20(16)21-17/h4-13H,14H2,1-3H3. The van der Waals surface area contributed by atoms with Gasteiger partial charge in [-0.25, -0.2) is 4.98 Å². The fraction of sp³-hybridized carbons (Fsp3) is 0.200. The number of anilines is 1. The van der Waals surface area contributed by atoms with Crippen LogP contribution >= 0.6 is 0 Å². The molecule has 122 valence electrons. The summed E-state index contributed by atoms with van der Waals surface area (Å²) >= 11 is 0. The predicted octanol–water partition coefficient (Wildman–Crippen LogP) is 4.65. The van der Waals surface area contributed by atoms with Crippen LogP contribution in [0.25, 0.3) is 10.9 Å². The molecule has 0 amide bonds. The lowest BCUT2D eigenvalue weighted by Gasteiger charge is -2.14. The minimum Gasteiger partial charge on any atom is -0.487 e. The molecular formula is C20H21N3O. The third kappa shape index (κ3) is 3.90. The molecule has 0 aliphatic rings. The molecule has 3 rings (SSSR count). The Balaban J connectivity index is 1.66. The topological polar surface area (TPSA) is 37.7 Å². The van der Waals surface area contributed by atoms with Crippen molar-refractivity contribution in [1.82, 2.24) is 4.98 Å². The molecule has 0 saturated carbocycles. The van der Waals surface area contributed by atoms with E-state index in [1.54, 1.807) is 0 Å². The van der Waals surface area contributed by atoms with Crippen LogP contribution in [0.3, 0.4) is 0 Å². The molecule has 1 aromatic heterocycles. The number of benzene rings is 2. The first-order valence-corrected chi connectivity index (χ1v) is 7.95. The van der Waals surface area contributed by atoms with Crippen molar-refractivity contribution in [2.45, 2.75) is 20.5 Å². The molecule has 2 aromatic carbocycles. The van der Waals surface area contributed by atoms with E-state index < -0.39 is 0 Å². The lowest BCUT2D eigenvalue weighted by atomic mass is 10.2. The van der Waals surface area contributed by atoms with Crippen molar-refractivity contribution in [3.63, 3.8) is 0 Å². The van der Waals surface area contributed by atoms with Gasteiger partial charge in [-0.2, -0.15) is 5.10 Å². The van der Waals surface area contributed by atoms with Gasteiger partial charge in [-0.15, -0.1) is 0 Å². The van der Waals surface area contributed by atoms with Crippen molar-refractivity contribution in [3.05, 3.63) is 66.4 Å². The first kappa shape index (κ1) is 16.0. The molecule has 0 atom stereocenters. The molecule has 0 aliphatic heterocycles. The number of hydrazone groups is 1. The summed E-state index contributed by atoms with van der Waals surface area (Å²) < 4.78 is 5.84. The van der Waals surface area contributed by atoms with E-state index in [-0.39, 0.29) is 0 Å². The van der Waals surface area contributed by atoms with Crippen molar-refractivity contribution in [3.8, 4) is 5.75 Å². The number of nitrogens with zero attached hydrogens (tertiary/aromatic N) is 3. The summed E-state index contributed by atoms with van der Waals surface area (Å²) in [5, 5.41) is 7.39. The fourth-order valence-corrected chi connectivity index (χ4v) is 2.46. The van der Waals surface area contributed by atoms with Gasteiger partial charge in [0.15, 0.2) is 0 Å². The highest BCUT2D eigenvalue weighted by molar-refractivity contribution is 5.80. The Kier molecular flexibility index (Phi) is 4.75. The molecule has 0 unspecified atom stereocenters. The number of rotatable bonds is 5. The van der Waals surface area contributed by atoms with Gasteiger partial charge in [0.2, 0.25) is 0 Å². The number of para-hydroxylation sites is 1. The van der Waals surface area contributed by atoms with Crippen molar-refractivity contribution in [2.24, 2.45) is 5.10 Å². The lowest BCUT2D eigenvalue weighted by molar-refractivity contribution is 0.302. The average molecular weight is 319 g/mol. The second kappa shape index (κ2) is 7.13. The van der Waals surface area contributed by atoms with Crippen LogP contribution in [-0.2, 0) is 6.61 Å². The maximum Gasteiger partial charge on any atom is 0.130 e. The molecule has 4 nitrogen and oxygen atoms in total. The van der Waals surface area contributed by atoms with Crippen LogP contribution in [0.1, 0.15) is 19.5 Å². The summed E-state index contributed by atoms with van der Waals surface area (Å²) in [6.07, 6.45) is 0. The van der Waals surface area contributed by atoms with Gasteiger partial charge in [0.25, 0.3) is 0 Å². The van der Waals surface area contributed by atoms with Crippen LogP contribution in [0.15, 0.2) is 65.8 Å². The molecule has 3 aromatic rings. The summed E-state index contributed by atoms with van der Waals surface area (Å²) in [5.41, 5.74) is 3.94. The number of pyridine rings is 1. The molecule has 0 saturated heterocycles. The Morgan fingerprint density at radius 2 is 1.75 bits per heavy atom. The van der Waals surface area contributed by atoms with Gasteiger partial charge >= 0.3 is 0 Å². The first-order valence-electron chi connectivity index (χ1n) is 7.95. The van der Waals surface area contributed by atoms with Gasteiger partial charge in [0.1, 0.15) is 12.4 Å². The van der Waals surface area contributed by atoms with Crippen LogP contribution in [0, 0.1) is 0 Å². The van der Waals surface area contributed by atoms with E-state index in [9.17, 15) is 0 Å². The SMILES string of the molecule is CC(C)=NN(C)c1ccc(OCc2ccc3ccccc3n2)cc1. The highest BCUT2D eigenvalue weighted by Crippen LogP contribution is 2.20. The summed E-state index contributed by atoms with van der Waals surface area (Å²) in [7, 11) is 1.93.